The summed E-state index contributed by atoms with van der Waals surface area (Å²) >= 11 is 1.42. The summed E-state index contributed by atoms with van der Waals surface area (Å²) in [7, 11) is 1.63. The van der Waals surface area contributed by atoms with Crippen LogP contribution in [0.5, 0.6) is 5.75 Å². The maximum absolute atomic E-state index is 11.9. The molecule has 1 N–H and O–H groups in total. The van der Waals surface area contributed by atoms with E-state index in [-0.39, 0.29) is 5.91 Å². The fourth-order valence-corrected chi connectivity index (χ4v) is 2.40. The van der Waals surface area contributed by atoms with E-state index in [9.17, 15) is 4.79 Å². The van der Waals surface area contributed by atoms with E-state index in [1.807, 2.05) is 38.1 Å². The number of hydrogen-bond donors (Lipinski definition) is 1. The normalized spacial score (nSPS) is 10.3. The number of hydrogen-bond acceptors (Lipinski definition) is 4. The van der Waals surface area contributed by atoms with Gasteiger partial charge >= 0.3 is 0 Å². The molecule has 0 aliphatic rings. The van der Waals surface area contributed by atoms with Gasteiger partial charge in [-0.25, -0.2) is 4.98 Å². The minimum Gasteiger partial charge on any atom is -0.497 e. The highest BCUT2D eigenvalue weighted by Gasteiger charge is 2.11. The lowest BCUT2D eigenvalue weighted by atomic mass is 10.2. The molecule has 1 heterocycles. The van der Waals surface area contributed by atoms with Crippen molar-refractivity contribution < 1.29 is 9.53 Å². The Morgan fingerprint density at radius 3 is 2.53 bits per heavy atom. The number of benzene rings is 1. The molecule has 0 aliphatic carbocycles. The molecule has 0 spiro atoms. The molecular weight excluding hydrogens is 260 g/mol. The standard InChI is InChI=1S/C14H16N2O2S/c1-9-10(2)19-14(16-9)13(17)15-8-11-4-6-12(18-3)7-5-11/h4-7H,8H2,1-3H3,(H,15,17). The number of aromatic nitrogens is 1. The van der Waals surface area contributed by atoms with Crippen molar-refractivity contribution in [2.24, 2.45) is 0 Å². The lowest BCUT2D eigenvalue weighted by Gasteiger charge is -2.04. The van der Waals surface area contributed by atoms with Gasteiger partial charge in [0, 0.05) is 11.4 Å². The van der Waals surface area contributed by atoms with E-state index in [1.54, 1.807) is 7.11 Å². The first-order chi connectivity index (χ1) is 9.10. The van der Waals surface area contributed by atoms with Crippen molar-refractivity contribution in [2.75, 3.05) is 7.11 Å². The molecule has 1 amide bonds. The van der Waals surface area contributed by atoms with Crippen LogP contribution in [0, 0.1) is 13.8 Å². The summed E-state index contributed by atoms with van der Waals surface area (Å²) in [5.41, 5.74) is 1.94. The summed E-state index contributed by atoms with van der Waals surface area (Å²) in [6.07, 6.45) is 0. The third-order valence-electron chi connectivity index (χ3n) is 2.83. The van der Waals surface area contributed by atoms with Crippen LogP contribution in [0.1, 0.15) is 25.9 Å². The average molecular weight is 276 g/mol. The number of ether oxygens (including phenoxy) is 1. The Balaban J connectivity index is 1.96. The summed E-state index contributed by atoms with van der Waals surface area (Å²) in [4.78, 5) is 17.2. The van der Waals surface area contributed by atoms with Crippen molar-refractivity contribution in [3.05, 3.63) is 45.4 Å². The van der Waals surface area contributed by atoms with Crippen LogP contribution in [-0.4, -0.2) is 18.0 Å². The van der Waals surface area contributed by atoms with Crippen LogP contribution in [0.4, 0.5) is 0 Å². The van der Waals surface area contributed by atoms with Crippen LogP contribution in [0.25, 0.3) is 0 Å². The van der Waals surface area contributed by atoms with Crippen LogP contribution in [-0.2, 0) is 6.54 Å². The molecule has 0 bridgehead atoms. The highest BCUT2D eigenvalue weighted by Crippen LogP contribution is 2.16. The van der Waals surface area contributed by atoms with E-state index >= 15 is 0 Å². The van der Waals surface area contributed by atoms with Gasteiger partial charge in [0.1, 0.15) is 5.75 Å². The van der Waals surface area contributed by atoms with Crippen LogP contribution >= 0.6 is 11.3 Å². The van der Waals surface area contributed by atoms with Crippen molar-refractivity contribution in [2.45, 2.75) is 20.4 Å². The van der Waals surface area contributed by atoms with Crippen molar-refractivity contribution in [3.63, 3.8) is 0 Å². The van der Waals surface area contributed by atoms with Crippen LogP contribution in [0.2, 0.25) is 0 Å². The van der Waals surface area contributed by atoms with Crippen LogP contribution in [0.15, 0.2) is 24.3 Å². The summed E-state index contributed by atoms with van der Waals surface area (Å²) in [5, 5.41) is 3.38. The van der Waals surface area contributed by atoms with Gasteiger partial charge in [-0.15, -0.1) is 11.3 Å². The van der Waals surface area contributed by atoms with Gasteiger partial charge in [-0.2, -0.15) is 0 Å². The monoisotopic (exact) mass is 276 g/mol. The molecular formula is C14H16N2O2S. The Kier molecular flexibility index (Phi) is 4.16. The second kappa shape index (κ2) is 5.84. The number of thiazole rings is 1. The maximum Gasteiger partial charge on any atom is 0.280 e. The fourth-order valence-electron chi connectivity index (χ4n) is 1.57. The second-order valence-corrected chi connectivity index (χ2v) is 5.39. The molecule has 0 saturated heterocycles. The molecule has 0 saturated carbocycles. The van der Waals surface area contributed by atoms with Gasteiger partial charge in [0.05, 0.1) is 12.8 Å². The Bertz CT molecular complexity index is 556. The predicted molar refractivity (Wildman–Crippen MR) is 75.8 cm³/mol. The zero-order chi connectivity index (χ0) is 13.8. The minimum absolute atomic E-state index is 0.128. The van der Waals surface area contributed by atoms with Gasteiger partial charge in [-0.3, -0.25) is 4.79 Å². The summed E-state index contributed by atoms with van der Waals surface area (Å²) in [6, 6.07) is 7.60. The number of carbonyl (C=O) groups is 1. The van der Waals surface area contributed by atoms with Gasteiger partial charge in [-0.05, 0) is 31.5 Å². The number of rotatable bonds is 4. The number of aryl methyl sites for hydroxylation is 2. The average Bonchev–Trinajstić information content (AvgIpc) is 2.77. The van der Waals surface area contributed by atoms with E-state index in [0.29, 0.717) is 11.6 Å². The summed E-state index contributed by atoms with van der Waals surface area (Å²) < 4.78 is 5.08. The highest BCUT2D eigenvalue weighted by molar-refractivity contribution is 7.13. The van der Waals surface area contributed by atoms with Gasteiger partial charge in [-0.1, -0.05) is 12.1 Å². The van der Waals surface area contributed by atoms with Gasteiger partial charge < -0.3 is 10.1 Å². The van der Waals surface area contributed by atoms with Crippen molar-refractivity contribution in [1.29, 1.82) is 0 Å². The minimum atomic E-state index is -0.128. The van der Waals surface area contributed by atoms with Gasteiger partial charge in [0.25, 0.3) is 5.91 Å². The molecule has 19 heavy (non-hydrogen) atoms. The summed E-state index contributed by atoms with van der Waals surface area (Å²) in [6.45, 7) is 4.36. The lowest BCUT2D eigenvalue weighted by Crippen LogP contribution is -2.22. The molecule has 2 rings (SSSR count). The van der Waals surface area contributed by atoms with Crippen LogP contribution < -0.4 is 10.1 Å². The lowest BCUT2D eigenvalue weighted by molar-refractivity contribution is 0.0950. The number of nitrogens with one attached hydrogen (secondary N) is 1. The number of methoxy groups -OCH3 is 1. The largest absolute Gasteiger partial charge is 0.497 e. The first-order valence-electron chi connectivity index (χ1n) is 5.95. The van der Waals surface area contributed by atoms with Gasteiger partial charge in [0.2, 0.25) is 0 Å². The van der Waals surface area contributed by atoms with E-state index in [2.05, 4.69) is 10.3 Å². The molecule has 0 atom stereocenters. The molecule has 4 nitrogen and oxygen atoms in total. The fraction of sp³-hybridized carbons (Fsp3) is 0.286. The highest BCUT2D eigenvalue weighted by atomic mass is 32.1. The van der Waals surface area contributed by atoms with Crippen molar-refractivity contribution in [1.82, 2.24) is 10.3 Å². The Morgan fingerprint density at radius 2 is 2.00 bits per heavy atom. The Morgan fingerprint density at radius 1 is 1.32 bits per heavy atom. The number of nitrogens with zero attached hydrogens (tertiary/aromatic N) is 1. The van der Waals surface area contributed by atoms with E-state index < -0.39 is 0 Å². The van der Waals surface area contributed by atoms with E-state index in [1.165, 1.54) is 11.3 Å². The molecule has 0 aliphatic heterocycles. The first kappa shape index (κ1) is 13.5. The molecule has 0 radical (unpaired) electrons. The molecule has 1 aromatic heterocycles. The van der Waals surface area contributed by atoms with E-state index in [0.717, 1.165) is 21.9 Å². The van der Waals surface area contributed by atoms with Gasteiger partial charge in [0.15, 0.2) is 5.01 Å². The quantitative estimate of drug-likeness (QED) is 0.934. The van der Waals surface area contributed by atoms with Crippen molar-refractivity contribution in [3.8, 4) is 5.75 Å². The van der Waals surface area contributed by atoms with Crippen molar-refractivity contribution >= 4 is 17.2 Å². The molecule has 0 unspecified atom stereocenters. The Hall–Kier alpha value is -1.88. The molecule has 100 valence electrons. The second-order valence-electron chi connectivity index (χ2n) is 4.19. The third-order valence-corrected chi connectivity index (χ3v) is 3.91. The Labute approximate surface area is 116 Å². The van der Waals surface area contributed by atoms with E-state index in [4.69, 9.17) is 4.74 Å². The summed E-state index contributed by atoms with van der Waals surface area (Å²) in [5.74, 6) is 0.679. The molecule has 0 fully saturated rings. The molecule has 2 aromatic rings. The first-order valence-corrected chi connectivity index (χ1v) is 6.77. The molecule has 5 heteroatoms. The smallest absolute Gasteiger partial charge is 0.280 e. The zero-order valence-electron chi connectivity index (χ0n) is 11.2. The molecule has 1 aromatic carbocycles. The third kappa shape index (κ3) is 3.32. The zero-order valence-corrected chi connectivity index (χ0v) is 12.0. The number of amides is 1. The predicted octanol–water partition coefficient (Wildman–Crippen LogP) is 2.70. The maximum atomic E-state index is 11.9. The topological polar surface area (TPSA) is 51.2 Å². The SMILES string of the molecule is COc1ccc(CNC(=O)c2nc(C)c(C)s2)cc1. The number of carbonyl (C=O) groups excluding carboxylic acids is 1. The van der Waals surface area contributed by atoms with Crippen LogP contribution in [0.3, 0.4) is 0 Å².